The van der Waals surface area contributed by atoms with Crippen molar-refractivity contribution in [2.75, 3.05) is 12.4 Å². The zero-order chi connectivity index (χ0) is 25.7. The maximum absolute atomic E-state index is 13.3. The van der Waals surface area contributed by atoms with Crippen LogP contribution in [0.25, 0.3) is 11.3 Å². The average Bonchev–Trinajstić information content (AvgIpc) is 2.88. The number of aromatic nitrogens is 2. The summed E-state index contributed by atoms with van der Waals surface area (Å²) in [4.78, 5) is 26.2. The number of alkyl halides is 3. The van der Waals surface area contributed by atoms with Gasteiger partial charge in [0.05, 0.1) is 18.4 Å². The van der Waals surface area contributed by atoms with Gasteiger partial charge in [-0.15, -0.1) is 0 Å². The van der Waals surface area contributed by atoms with Crippen molar-refractivity contribution in [3.8, 4) is 17.0 Å². The Balaban J connectivity index is 1.70. The van der Waals surface area contributed by atoms with E-state index in [1.165, 1.54) is 25.3 Å². The molecule has 1 heterocycles. The summed E-state index contributed by atoms with van der Waals surface area (Å²) in [5.41, 5.74) is 0.766. The summed E-state index contributed by atoms with van der Waals surface area (Å²) >= 11 is 0. The fraction of sp³-hybridized carbons (Fsp3) is 0.148. The second-order valence-corrected chi connectivity index (χ2v) is 8.00. The van der Waals surface area contributed by atoms with Crippen LogP contribution in [0.1, 0.15) is 17.2 Å². The molecule has 4 aromatic rings. The number of carbonyl (C=O) groups is 1. The van der Waals surface area contributed by atoms with E-state index in [1.54, 1.807) is 30.3 Å². The third-order valence-corrected chi connectivity index (χ3v) is 5.54. The van der Waals surface area contributed by atoms with Crippen LogP contribution in [-0.2, 0) is 17.4 Å². The molecule has 0 saturated heterocycles. The molecule has 0 spiro atoms. The summed E-state index contributed by atoms with van der Waals surface area (Å²) in [6, 6.07) is 22.1. The number of ether oxygens (including phenoxy) is 1. The number of amides is 1. The minimum atomic E-state index is -4.49. The number of rotatable bonds is 7. The molecule has 184 valence electrons. The summed E-state index contributed by atoms with van der Waals surface area (Å²) in [5.74, 6) is 0.0175. The molecule has 1 amide bonds. The van der Waals surface area contributed by atoms with Crippen molar-refractivity contribution in [2.45, 2.75) is 18.6 Å². The van der Waals surface area contributed by atoms with Crippen molar-refractivity contribution in [3.05, 3.63) is 112 Å². The summed E-state index contributed by atoms with van der Waals surface area (Å²) < 4.78 is 45.1. The summed E-state index contributed by atoms with van der Waals surface area (Å²) in [7, 11) is 1.54. The van der Waals surface area contributed by atoms with E-state index in [4.69, 9.17) is 4.74 Å². The zero-order valence-electron chi connectivity index (χ0n) is 19.2. The first kappa shape index (κ1) is 24.7. The van der Waals surface area contributed by atoms with Crippen molar-refractivity contribution < 1.29 is 22.7 Å². The van der Waals surface area contributed by atoms with Crippen LogP contribution < -0.4 is 15.6 Å². The van der Waals surface area contributed by atoms with Crippen LogP contribution in [0.4, 0.5) is 18.9 Å². The van der Waals surface area contributed by atoms with Crippen molar-refractivity contribution in [2.24, 2.45) is 0 Å². The summed E-state index contributed by atoms with van der Waals surface area (Å²) in [6.07, 6.45) is -4.35. The van der Waals surface area contributed by atoms with Gasteiger partial charge in [-0.05, 0) is 48.0 Å². The van der Waals surface area contributed by atoms with Crippen molar-refractivity contribution in [3.63, 3.8) is 0 Å². The molecule has 1 N–H and O–H groups in total. The fourth-order valence-corrected chi connectivity index (χ4v) is 3.68. The molecular formula is C27H22F3N3O3. The molecule has 1 aromatic heterocycles. The Morgan fingerprint density at radius 3 is 2.36 bits per heavy atom. The van der Waals surface area contributed by atoms with Crippen LogP contribution in [0.5, 0.6) is 5.75 Å². The highest BCUT2D eigenvalue weighted by atomic mass is 19.4. The lowest BCUT2D eigenvalue weighted by atomic mass is 10.0. The highest BCUT2D eigenvalue weighted by Gasteiger charge is 2.30. The summed E-state index contributed by atoms with van der Waals surface area (Å²) in [6.45, 7) is 0. The largest absolute Gasteiger partial charge is 0.497 e. The minimum absolute atomic E-state index is 0.141. The van der Waals surface area contributed by atoms with Gasteiger partial charge in [-0.2, -0.15) is 18.3 Å². The minimum Gasteiger partial charge on any atom is -0.497 e. The Morgan fingerprint density at radius 1 is 0.972 bits per heavy atom. The number of benzene rings is 3. The van der Waals surface area contributed by atoms with Gasteiger partial charge >= 0.3 is 6.18 Å². The third-order valence-electron chi connectivity index (χ3n) is 5.54. The maximum atomic E-state index is 13.3. The molecule has 0 aliphatic rings. The SMILES string of the molecule is COc1cccc(-c2ccc(=O)n(C(Cc3ccccc3)C(=O)Nc3ccc(C(F)(F)F)cc3)n2)c1. The number of nitrogens with zero attached hydrogens (tertiary/aromatic N) is 2. The van der Waals surface area contributed by atoms with Gasteiger partial charge in [0.15, 0.2) is 0 Å². The van der Waals surface area contributed by atoms with Crippen molar-refractivity contribution in [1.82, 2.24) is 9.78 Å². The number of hydrogen-bond donors (Lipinski definition) is 1. The van der Waals surface area contributed by atoms with Gasteiger partial charge in [0.2, 0.25) is 5.91 Å². The topological polar surface area (TPSA) is 73.2 Å². The highest BCUT2D eigenvalue weighted by molar-refractivity contribution is 5.93. The van der Waals surface area contributed by atoms with Crippen LogP contribution >= 0.6 is 0 Å². The zero-order valence-corrected chi connectivity index (χ0v) is 19.2. The second kappa shape index (κ2) is 10.5. The number of nitrogens with one attached hydrogen (secondary N) is 1. The Kier molecular flexibility index (Phi) is 7.19. The first-order valence-corrected chi connectivity index (χ1v) is 11.0. The first-order valence-electron chi connectivity index (χ1n) is 11.0. The van der Waals surface area contributed by atoms with Gasteiger partial charge < -0.3 is 10.1 Å². The lowest BCUT2D eigenvalue weighted by Gasteiger charge is -2.19. The van der Waals surface area contributed by atoms with Crippen LogP contribution in [0.15, 0.2) is 95.8 Å². The lowest BCUT2D eigenvalue weighted by molar-refractivity contribution is -0.137. The van der Waals surface area contributed by atoms with Gasteiger partial charge in [-0.1, -0.05) is 42.5 Å². The molecule has 0 saturated carbocycles. The maximum Gasteiger partial charge on any atom is 0.416 e. The quantitative estimate of drug-likeness (QED) is 0.376. The van der Waals surface area contributed by atoms with Crippen LogP contribution in [0.2, 0.25) is 0 Å². The molecular weight excluding hydrogens is 471 g/mol. The summed E-state index contributed by atoms with van der Waals surface area (Å²) in [5, 5.41) is 7.08. The monoisotopic (exact) mass is 493 g/mol. The molecule has 1 unspecified atom stereocenters. The lowest BCUT2D eigenvalue weighted by Crippen LogP contribution is -2.36. The van der Waals surface area contributed by atoms with Gasteiger partial charge in [-0.3, -0.25) is 9.59 Å². The average molecular weight is 493 g/mol. The molecule has 0 aliphatic carbocycles. The molecule has 3 aromatic carbocycles. The predicted molar refractivity (Wildman–Crippen MR) is 130 cm³/mol. The van der Waals surface area contributed by atoms with Crippen LogP contribution in [-0.4, -0.2) is 22.8 Å². The second-order valence-electron chi connectivity index (χ2n) is 8.00. The van der Waals surface area contributed by atoms with E-state index in [0.717, 1.165) is 22.4 Å². The van der Waals surface area contributed by atoms with Crippen LogP contribution in [0, 0.1) is 0 Å². The standard InChI is InChI=1S/C27H22F3N3O3/c1-36-22-9-5-8-19(17-22)23-14-15-25(34)33(32-23)24(16-18-6-3-2-4-7-18)26(35)31-21-12-10-20(11-13-21)27(28,29)30/h2-15,17,24H,16H2,1H3,(H,31,35). The number of carbonyl (C=O) groups excluding carboxylic acids is 1. The normalized spacial score (nSPS) is 12.1. The molecule has 9 heteroatoms. The fourth-order valence-electron chi connectivity index (χ4n) is 3.68. The van der Waals surface area contributed by atoms with E-state index in [-0.39, 0.29) is 12.1 Å². The third kappa shape index (κ3) is 5.80. The van der Waals surface area contributed by atoms with E-state index < -0.39 is 29.2 Å². The molecule has 0 bridgehead atoms. The number of halogens is 3. The number of anilines is 1. The van der Waals surface area contributed by atoms with Gasteiger partial charge in [0, 0.05) is 23.7 Å². The Morgan fingerprint density at radius 2 is 1.69 bits per heavy atom. The molecule has 1 atom stereocenters. The number of methoxy groups -OCH3 is 1. The molecule has 6 nitrogen and oxygen atoms in total. The number of hydrogen-bond acceptors (Lipinski definition) is 4. The molecule has 0 radical (unpaired) electrons. The molecule has 0 fully saturated rings. The van der Waals surface area contributed by atoms with E-state index in [2.05, 4.69) is 10.4 Å². The van der Waals surface area contributed by atoms with Crippen molar-refractivity contribution in [1.29, 1.82) is 0 Å². The van der Waals surface area contributed by atoms with E-state index >= 15 is 0 Å². The highest BCUT2D eigenvalue weighted by Crippen LogP contribution is 2.30. The first-order chi connectivity index (χ1) is 17.2. The van der Waals surface area contributed by atoms with Gasteiger partial charge in [0.25, 0.3) is 5.56 Å². The van der Waals surface area contributed by atoms with Crippen LogP contribution in [0.3, 0.4) is 0 Å². The Bertz CT molecular complexity index is 1400. The Labute approximate surface area is 205 Å². The molecule has 0 aliphatic heterocycles. The van der Waals surface area contributed by atoms with Crippen molar-refractivity contribution >= 4 is 11.6 Å². The van der Waals surface area contributed by atoms with Gasteiger partial charge in [0.1, 0.15) is 11.8 Å². The Hall–Kier alpha value is -4.40. The van der Waals surface area contributed by atoms with E-state index in [9.17, 15) is 22.8 Å². The predicted octanol–water partition coefficient (Wildman–Crippen LogP) is 5.36. The smallest absolute Gasteiger partial charge is 0.416 e. The van der Waals surface area contributed by atoms with E-state index in [1.807, 2.05) is 30.3 Å². The molecule has 4 rings (SSSR count). The van der Waals surface area contributed by atoms with E-state index in [0.29, 0.717) is 17.0 Å². The van der Waals surface area contributed by atoms with Gasteiger partial charge in [-0.25, -0.2) is 4.68 Å². The molecule has 36 heavy (non-hydrogen) atoms.